The number of rotatable bonds is 3. The second kappa shape index (κ2) is 6.27. The highest BCUT2D eigenvalue weighted by molar-refractivity contribution is 5.92. The highest BCUT2D eigenvalue weighted by Crippen LogP contribution is 2.12. The van der Waals surface area contributed by atoms with Crippen molar-refractivity contribution >= 4 is 5.91 Å². The molecule has 1 aromatic heterocycles. The molecule has 6 heteroatoms. The molecule has 0 aliphatic carbocycles. The van der Waals surface area contributed by atoms with Crippen molar-refractivity contribution in [2.45, 2.75) is 6.54 Å². The highest BCUT2D eigenvalue weighted by atomic mass is 19.1. The third-order valence-corrected chi connectivity index (χ3v) is 3.99. The Balaban J connectivity index is 1.56. The third-order valence-electron chi connectivity index (χ3n) is 3.99. The zero-order chi connectivity index (χ0) is 15.5. The van der Waals surface area contributed by atoms with Gasteiger partial charge in [-0.05, 0) is 23.8 Å². The molecule has 1 fully saturated rings. The van der Waals surface area contributed by atoms with Gasteiger partial charge in [0.25, 0.3) is 5.91 Å². The van der Waals surface area contributed by atoms with Crippen molar-refractivity contribution in [3.63, 3.8) is 0 Å². The number of hydrogen-bond donors (Lipinski definition) is 0. The predicted octanol–water partition coefficient (Wildman–Crippen LogP) is 1.52. The van der Waals surface area contributed by atoms with E-state index in [0.717, 1.165) is 18.7 Å². The van der Waals surface area contributed by atoms with Crippen LogP contribution in [0.15, 0.2) is 36.5 Å². The maximum Gasteiger partial charge on any atom is 0.272 e. The van der Waals surface area contributed by atoms with Crippen LogP contribution in [-0.2, 0) is 13.6 Å². The molecule has 1 aliphatic rings. The summed E-state index contributed by atoms with van der Waals surface area (Å²) in [4.78, 5) is 16.5. The molecule has 0 N–H and O–H groups in total. The molecule has 0 atom stereocenters. The summed E-state index contributed by atoms with van der Waals surface area (Å²) < 4.78 is 14.8. The number of halogens is 1. The lowest BCUT2D eigenvalue weighted by Gasteiger charge is -2.34. The van der Waals surface area contributed by atoms with E-state index in [9.17, 15) is 9.18 Å². The first kappa shape index (κ1) is 14.7. The van der Waals surface area contributed by atoms with Gasteiger partial charge in [-0.1, -0.05) is 12.1 Å². The number of nitrogens with zero attached hydrogens (tertiary/aromatic N) is 4. The minimum Gasteiger partial charge on any atom is -0.335 e. The number of aromatic nitrogens is 2. The van der Waals surface area contributed by atoms with Gasteiger partial charge in [-0.15, -0.1) is 0 Å². The maximum absolute atomic E-state index is 13.2. The van der Waals surface area contributed by atoms with Crippen LogP contribution in [0.1, 0.15) is 16.1 Å². The lowest BCUT2D eigenvalue weighted by atomic mass is 10.2. The minimum absolute atomic E-state index is 0.0189. The van der Waals surface area contributed by atoms with Gasteiger partial charge in [0, 0.05) is 46.0 Å². The summed E-state index contributed by atoms with van der Waals surface area (Å²) in [5, 5.41) is 4.03. The number of carbonyl (C=O) groups is 1. The molecule has 1 amide bonds. The topological polar surface area (TPSA) is 41.4 Å². The van der Waals surface area contributed by atoms with Crippen LogP contribution in [0.5, 0.6) is 0 Å². The lowest BCUT2D eigenvalue weighted by Crippen LogP contribution is -2.48. The Morgan fingerprint density at radius 2 is 2.00 bits per heavy atom. The molecule has 1 aromatic carbocycles. The van der Waals surface area contributed by atoms with Crippen molar-refractivity contribution in [1.29, 1.82) is 0 Å². The van der Waals surface area contributed by atoms with E-state index in [0.29, 0.717) is 25.3 Å². The second-order valence-corrected chi connectivity index (χ2v) is 5.54. The number of aryl methyl sites for hydroxylation is 1. The molecule has 1 aliphatic heterocycles. The number of piperazine rings is 1. The van der Waals surface area contributed by atoms with Gasteiger partial charge in [-0.3, -0.25) is 14.4 Å². The van der Waals surface area contributed by atoms with Gasteiger partial charge < -0.3 is 4.90 Å². The summed E-state index contributed by atoms with van der Waals surface area (Å²) >= 11 is 0. The van der Waals surface area contributed by atoms with Crippen molar-refractivity contribution in [1.82, 2.24) is 19.6 Å². The maximum atomic E-state index is 13.2. The summed E-state index contributed by atoms with van der Waals surface area (Å²) in [5.41, 5.74) is 1.57. The average Bonchev–Trinajstić information content (AvgIpc) is 2.93. The van der Waals surface area contributed by atoms with Gasteiger partial charge in [0.1, 0.15) is 11.5 Å². The number of benzene rings is 1. The van der Waals surface area contributed by atoms with Crippen LogP contribution in [0, 0.1) is 5.82 Å². The van der Waals surface area contributed by atoms with Crippen molar-refractivity contribution < 1.29 is 9.18 Å². The normalized spacial score (nSPS) is 16.0. The van der Waals surface area contributed by atoms with Crippen LogP contribution >= 0.6 is 0 Å². The Hall–Kier alpha value is -2.21. The van der Waals surface area contributed by atoms with Crippen molar-refractivity contribution in [2.24, 2.45) is 7.05 Å². The first-order valence-corrected chi connectivity index (χ1v) is 7.37. The summed E-state index contributed by atoms with van der Waals surface area (Å²) in [5.74, 6) is -0.187. The Morgan fingerprint density at radius 3 is 2.64 bits per heavy atom. The van der Waals surface area contributed by atoms with Gasteiger partial charge in [0.05, 0.1) is 0 Å². The molecule has 0 unspecified atom stereocenters. The average molecular weight is 302 g/mol. The van der Waals surface area contributed by atoms with Crippen LogP contribution in [0.3, 0.4) is 0 Å². The van der Waals surface area contributed by atoms with Gasteiger partial charge >= 0.3 is 0 Å². The van der Waals surface area contributed by atoms with Crippen LogP contribution in [-0.4, -0.2) is 51.7 Å². The van der Waals surface area contributed by atoms with Crippen LogP contribution in [0.4, 0.5) is 4.39 Å². The van der Waals surface area contributed by atoms with E-state index in [1.165, 1.54) is 6.07 Å². The SMILES string of the molecule is Cn1nccc1C(=O)N1CCN(Cc2cccc(F)c2)CC1. The highest BCUT2D eigenvalue weighted by Gasteiger charge is 2.23. The van der Waals surface area contributed by atoms with Crippen LogP contribution in [0.2, 0.25) is 0 Å². The third kappa shape index (κ3) is 3.17. The van der Waals surface area contributed by atoms with E-state index in [1.807, 2.05) is 11.0 Å². The van der Waals surface area contributed by atoms with Gasteiger partial charge in [0.2, 0.25) is 0 Å². The summed E-state index contributed by atoms with van der Waals surface area (Å²) in [6.07, 6.45) is 1.63. The van der Waals surface area contributed by atoms with Gasteiger partial charge in [-0.2, -0.15) is 5.10 Å². The number of carbonyl (C=O) groups excluding carboxylic acids is 1. The zero-order valence-corrected chi connectivity index (χ0v) is 12.6. The van der Waals surface area contributed by atoms with Crippen molar-refractivity contribution in [3.8, 4) is 0 Å². The van der Waals surface area contributed by atoms with E-state index in [1.54, 1.807) is 36.1 Å². The quantitative estimate of drug-likeness (QED) is 0.863. The largest absolute Gasteiger partial charge is 0.335 e. The second-order valence-electron chi connectivity index (χ2n) is 5.54. The van der Waals surface area contributed by atoms with E-state index in [-0.39, 0.29) is 11.7 Å². The van der Waals surface area contributed by atoms with E-state index >= 15 is 0 Å². The summed E-state index contributed by atoms with van der Waals surface area (Å²) in [6.45, 7) is 3.66. The number of hydrogen-bond acceptors (Lipinski definition) is 3. The number of amides is 1. The first-order valence-electron chi connectivity index (χ1n) is 7.37. The zero-order valence-electron chi connectivity index (χ0n) is 12.6. The molecule has 5 nitrogen and oxygen atoms in total. The molecule has 0 radical (unpaired) electrons. The summed E-state index contributed by atoms with van der Waals surface area (Å²) in [7, 11) is 1.77. The Morgan fingerprint density at radius 1 is 1.23 bits per heavy atom. The lowest BCUT2D eigenvalue weighted by molar-refractivity contribution is 0.0617. The fourth-order valence-electron chi connectivity index (χ4n) is 2.75. The predicted molar refractivity (Wildman–Crippen MR) is 80.8 cm³/mol. The van der Waals surface area contributed by atoms with E-state index in [4.69, 9.17) is 0 Å². The van der Waals surface area contributed by atoms with Crippen LogP contribution in [0.25, 0.3) is 0 Å². The Kier molecular flexibility index (Phi) is 4.20. The minimum atomic E-state index is -0.206. The van der Waals surface area contributed by atoms with Crippen LogP contribution < -0.4 is 0 Å². The molecule has 3 rings (SSSR count). The molecule has 116 valence electrons. The fraction of sp³-hybridized carbons (Fsp3) is 0.375. The molecular weight excluding hydrogens is 283 g/mol. The van der Waals surface area contributed by atoms with Gasteiger partial charge in [0.15, 0.2) is 0 Å². The molecular formula is C16H19FN4O. The van der Waals surface area contributed by atoms with E-state index in [2.05, 4.69) is 10.00 Å². The molecule has 0 saturated carbocycles. The Labute approximate surface area is 128 Å². The van der Waals surface area contributed by atoms with Gasteiger partial charge in [-0.25, -0.2) is 4.39 Å². The molecule has 2 heterocycles. The Bertz CT molecular complexity index is 662. The smallest absolute Gasteiger partial charge is 0.272 e. The van der Waals surface area contributed by atoms with Crippen molar-refractivity contribution in [2.75, 3.05) is 26.2 Å². The standard InChI is InChI=1S/C16H19FN4O/c1-19-15(5-6-18-19)16(22)21-9-7-20(8-10-21)12-13-3-2-4-14(17)11-13/h2-6,11H,7-10,12H2,1H3. The molecule has 2 aromatic rings. The summed E-state index contributed by atoms with van der Waals surface area (Å²) in [6, 6.07) is 8.41. The molecule has 1 saturated heterocycles. The van der Waals surface area contributed by atoms with Crippen molar-refractivity contribution in [3.05, 3.63) is 53.6 Å². The molecule has 22 heavy (non-hydrogen) atoms. The monoisotopic (exact) mass is 302 g/mol. The van der Waals surface area contributed by atoms with E-state index < -0.39 is 0 Å². The molecule has 0 spiro atoms. The first-order chi connectivity index (χ1) is 10.6. The fourth-order valence-corrected chi connectivity index (χ4v) is 2.75. The molecule has 0 bridgehead atoms.